The van der Waals surface area contributed by atoms with Gasteiger partial charge in [-0.3, -0.25) is 4.79 Å². The Morgan fingerprint density at radius 2 is 2.25 bits per heavy atom. The van der Waals surface area contributed by atoms with Gasteiger partial charge in [0.15, 0.2) is 0 Å². The summed E-state index contributed by atoms with van der Waals surface area (Å²) in [6, 6.07) is 8.13. The average Bonchev–Trinajstić information content (AvgIpc) is 3.17. The maximum Gasteiger partial charge on any atom is 0.223 e. The van der Waals surface area contributed by atoms with Crippen molar-refractivity contribution in [2.24, 2.45) is 0 Å². The van der Waals surface area contributed by atoms with Gasteiger partial charge in [0, 0.05) is 37.0 Å². The van der Waals surface area contributed by atoms with E-state index in [0.717, 1.165) is 38.1 Å². The summed E-state index contributed by atoms with van der Waals surface area (Å²) in [5, 5.41) is 3.19. The lowest BCUT2D eigenvalue weighted by molar-refractivity contribution is -0.133. The average molecular weight is 342 g/mol. The summed E-state index contributed by atoms with van der Waals surface area (Å²) in [6.45, 7) is 2.40. The molecule has 24 heavy (non-hydrogen) atoms. The monoisotopic (exact) mass is 342 g/mol. The summed E-state index contributed by atoms with van der Waals surface area (Å²) in [6.07, 6.45) is 5.58. The number of hydrogen-bond acceptors (Lipinski definition) is 4. The molecule has 0 spiro atoms. The number of thiazole rings is 1. The number of likely N-dealkylation sites (tertiary alicyclic amines) is 1. The number of amides is 1. The van der Waals surface area contributed by atoms with Crippen LogP contribution in [0, 0.1) is 0 Å². The second-order valence-electron chi connectivity index (χ2n) is 6.63. The standard InChI is InChI=1S/C19H22N2O2S/c22-18(12-14-7-10-23-17-6-2-1-5-16(14)17)21-9-3-4-15(13-21)19-20-8-11-24-19/h1-2,5-6,8,11,14-15H,3-4,7,9-10,12-13H2/t14-,15-/m1/s1. The van der Waals surface area contributed by atoms with Gasteiger partial charge in [-0.15, -0.1) is 11.3 Å². The molecule has 2 aliphatic rings. The van der Waals surface area contributed by atoms with Crippen LogP contribution in [0.4, 0.5) is 0 Å². The molecular weight excluding hydrogens is 320 g/mol. The van der Waals surface area contributed by atoms with Crippen LogP contribution in [0.5, 0.6) is 5.75 Å². The van der Waals surface area contributed by atoms with Crippen LogP contribution >= 0.6 is 11.3 Å². The lowest BCUT2D eigenvalue weighted by atomic mass is 9.89. The molecule has 0 N–H and O–H groups in total. The van der Waals surface area contributed by atoms with Crippen molar-refractivity contribution in [3.63, 3.8) is 0 Å². The molecule has 126 valence electrons. The quantitative estimate of drug-likeness (QED) is 0.852. The maximum atomic E-state index is 12.9. The Bertz CT molecular complexity index is 701. The second kappa shape index (κ2) is 6.93. The molecular formula is C19H22N2O2S. The van der Waals surface area contributed by atoms with Gasteiger partial charge < -0.3 is 9.64 Å². The fourth-order valence-corrected chi connectivity index (χ4v) is 4.58. The van der Waals surface area contributed by atoms with Gasteiger partial charge in [0.2, 0.25) is 5.91 Å². The van der Waals surface area contributed by atoms with Crippen molar-refractivity contribution in [1.82, 2.24) is 9.88 Å². The Hall–Kier alpha value is -1.88. The van der Waals surface area contributed by atoms with Gasteiger partial charge in [0.25, 0.3) is 0 Å². The van der Waals surface area contributed by atoms with Gasteiger partial charge in [-0.25, -0.2) is 4.98 Å². The smallest absolute Gasteiger partial charge is 0.223 e. The number of para-hydroxylation sites is 1. The van der Waals surface area contributed by atoms with Crippen LogP contribution in [0.25, 0.3) is 0 Å². The first-order chi connectivity index (χ1) is 11.8. The normalized spacial score (nSPS) is 23.4. The van der Waals surface area contributed by atoms with Gasteiger partial charge in [-0.1, -0.05) is 18.2 Å². The molecule has 1 aromatic heterocycles. The number of rotatable bonds is 3. The Morgan fingerprint density at radius 1 is 1.33 bits per heavy atom. The van der Waals surface area contributed by atoms with E-state index in [4.69, 9.17) is 4.74 Å². The predicted molar refractivity (Wildman–Crippen MR) is 94.6 cm³/mol. The van der Waals surface area contributed by atoms with E-state index in [9.17, 15) is 4.79 Å². The molecule has 4 rings (SSSR count). The van der Waals surface area contributed by atoms with Crippen LogP contribution in [-0.4, -0.2) is 35.5 Å². The van der Waals surface area contributed by atoms with Crippen LogP contribution in [0.3, 0.4) is 0 Å². The third-order valence-corrected chi connectivity index (χ3v) is 6.02. The van der Waals surface area contributed by atoms with Gasteiger partial charge in [-0.05, 0) is 36.8 Å². The van der Waals surface area contributed by atoms with Crippen LogP contribution in [0.15, 0.2) is 35.8 Å². The van der Waals surface area contributed by atoms with E-state index in [2.05, 4.69) is 11.1 Å². The lowest BCUT2D eigenvalue weighted by Crippen LogP contribution is -2.39. The van der Waals surface area contributed by atoms with Crippen LogP contribution in [0.1, 0.15) is 48.1 Å². The molecule has 1 aromatic carbocycles. The van der Waals surface area contributed by atoms with Crippen LogP contribution < -0.4 is 4.74 Å². The molecule has 1 saturated heterocycles. The highest BCUT2D eigenvalue weighted by molar-refractivity contribution is 7.09. The minimum absolute atomic E-state index is 0.276. The lowest BCUT2D eigenvalue weighted by Gasteiger charge is -2.33. The Kier molecular flexibility index (Phi) is 4.52. The van der Waals surface area contributed by atoms with Crippen molar-refractivity contribution in [2.45, 2.75) is 37.5 Å². The zero-order chi connectivity index (χ0) is 16.4. The predicted octanol–water partition coefficient (Wildman–Crippen LogP) is 3.81. The molecule has 0 radical (unpaired) electrons. The number of aromatic nitrogens is 1. The van der Waals surface area contributed by atoms with E-state index >= 15 is 0 Å². The maximum absolute atomic E-state index is 12.9. The van der Waals surface area contributed by atoms with E-state index < -0.39 is 0 Å². The Morgan fingerprint density at radius 3 is 3.12 bits per heavy atom. The molecule has 5 heteroatoms. The summed E-state index contributed by atoms with van der Waals surface area (Å²) in [5.41, 5.74) is 1.19. The van der Waals surface area contributed by atoms with Crippen molar-refractivity contribution < 1.29 is 9.53 Å². The first kappa shape index (κ1) is 15.6. The fraction of sp³-hybridized carbons (Fsp3) is 0.474. The summed E-state index contributed by atoms with van der Waals surface area (Å²) in [5.74, 6) is 1.91. The molecule has 4 nitrogen and oxygen atoms in total. The summed E-state index contributed by atoms with van der Waals surface area (Å²) in [7, 11) is 0. The van der Waals surface area contributed by atoms with Gasteiger partial charge >= 0.3 is 0 Å². The Labute approximate surface area is 146 Å². The topological polar surface area (TPSA) is 42.4 Å². The van der Waals surface area contributed by atoms with Crippen molar-refractivity contribution in [2.75, 3.05) is 19.7 Å². The number of nitrogens with zero attached hydrogens (tertiary/aromatic N) is 2. The molecule has 2 atom stereocenters. The second-order valence-corrected chi connectivity index (χ2v) is 7.55. The van der Waals surface area contributed by atoms with Gasteiger partial charge in [-0.2, -0.15) is 0 Å². The summed E-state index contributed by atoms with van der Waals surface area (Å²) < 4.78 is 5.71. The van der Waals surface area contributed by atoms with Gasteiger partial charge in [0.05, 0.1) is 11.6 Å². The highest BCUT2D eigenvalue weighted by Gasteiger charge is 2.29. The van der Waals surface area contributed by atoms with E-state index in [1.54, 1.807) is 11.3 Å². The molecule has 0 saturated carbocycles. The number of fused-ring (bicyclic) bond motifs is 1. The molecule has 2 aliphatic heterocycles. The minimum Gasteiger partial charge on any atom is -0.493 e. The summed E-state index contributed by atoms with van der Waals surface area (Å²) >= 11 is 1.70. The molecule has 1 amide bonds. The molecule has 1 fully saturated rings. The SMILES string of the molecule is O=C(C[C@H]1CCOc2ccccc21)N1CCC[C@@H](c2nccs2)C1. The summed E-state index contributed by atoms with van der Waals surface area (Å²) in [4.78, 5) is 19.4. The number of hydrogen-bond donors (Lipinski definition) is 0. The zero-order valence-electron chi connectivity index (χ0n) is 13.7. The molecule has 0 bridgehead atoms. The molecule has 0 unspecified atom stereocenters. The van der Waals surface area contributed by atoms with E-state index in [-0.39, 0.29) is 11.8 Å². The molecule has 2 aromatic rings. The van der Waals surface area contributed by atoms with Crippen molar-refractivity contribution in [3.8, 4) is 5.75 Å². The van der Waals surface area contributed by atoms with Crippen molar-refractivity contribution in [3.05, 3.63) is 46.4 Å². The number of benzene rings is 1. The van der Waals surface area contributed by atoms with Crippen molar-refractivity contribution in [1.29, 1.82) is 0 Å². The van der Waals surface area contributed by atoms with Crippen molar-refractivity contribution >= 4 is 17.2 Å². The number of carbonyl (C=O) groups is 1. The number of ether oxygens (including phenoxy) is 1. The third kappa shape index (κ3) is 3.18. The highest BCUT2D eigenvalue weighted by atomic mass is 32.1. The molecule has 0 aliphatic carbocycles. The number of piperidine rings is 1. The van der Waals surface area contributed by atoms with E-state index in [0.29, 0.717) is 18.9 Å². The fourth-order valence-electron chi connectivity index (χ4n) is 3.81. The largest absolute Gasteiger partial charge is 0.493 e. The van der Waals surface area contributed by atoms with E-state index in [1.807, 2.05) is 34.7 Å². The van der Waals surface area contributed by atoms with Gasteiger partial charge in [0.1, 0.15) is 5.75 Å². The van der Waals surface area contributed by atoms with Crippen LogP contribution in [0.2, 0.25) is 0 Å². The first-order valence-electron chi connectivity index (χ1n) is 8.70. The van der Waals surface area contributed by atoms with E-state index in [1.165, 1.54) is 10.6 Å². The molecule has 3 heterocycles. The number of carbonyl (C=O) groups excluding carboxylic acids is 1. The third-order valence-electron chi connectivity index (χ3n) is 5.08. The Balaban J connectivity index is 1.43. The highest BCUT2D eigenvalue weighted by Crippen LogP contribution is 2.36. The first-order valence-corrected chi connectivity index (χ1v) is 9.58. The minimum atomic E-state index is 0.276. The zero-order valence-corrected chi connectivity index (χ0v) is 14.5. The van der Waals surface area contributed by atoms with Crippen LogP contribution in [-0.2, 0) is 4.79 Å².